The lowest BCUT2D eigenvalue weighted by Crippen LogP contribution is -2.01. The van der Waals surface area contributed by atoms with Crippen molar-refractivity contribution < 1.29 is 4.74 Å². The fraction of sp³-hybridized carbons (Fsp3) is 0.154. The van der Waals surface area contributed by atoms with Crippen LogP contribution in [0.25, 0.3) is 50.9 Å². The van der Waals surface area contributed by atoms with Crippen LogP contribution in [-0.2, 0) is 4.74 Å². The fourth-order valence-electron chi connectivity index (χ4n) is 6.08. The van der Waals surface area contributed by atoms with Crippen molar-refractivity contribution in [2.24, 2.45) is 0 Å². The maximum atomic E-state index is 6.37. The van der Waals surface area contributed by atoms with Crippen molar-refractivity contribution >= 4 is 39.8 Å². The van der Waals surface area contributed by atoms with Gasteiger partial charge < -0.3 is 14.6 Å². The number of fused-ring (bicyclic) bond motifs is 1. The normalized spacial score (nSPS) is 12.2. The summed E-state index contributed by atoms with van der Waals surface area (Å²) in [6.07, 6.45) is 42.1. The van der Waals surface area contributed by atoms with Crippen molar-refractivity contribution in [3.63, 3.8) is 0 Å². The van der Waals surface area contributed by atoms with Crippen molar-refractivity contribution in [3.8, 4) is 53.5 Å². The van der Waals surface area contributed by atoms with Gasteiger partial charge in [-0.1, -0.05) is 142 Å². The molecule has 6 heteroatoms. The second-order valence-corrected chi connectivity index (χ2v) is 12.9. The van der Waals surface area contributed by atoms with Crippen LogP contribution in [0, 0.1) is 25.2 Å². The molecule has 0 atom stereocenters. The molecule has 0 aliphatic heterocycles. The van der Waals surface area contributed by atoms with E-state index in [1.54, 1.807) is 0 Å². The van der Waals surface area contributed by atoms with Gasteiger partial charge in [-0.25, -0.2) is 9.97 Å². The second kappa shape index (κ2) is 24.0. The van der Waals surface area contributed by atoms with Gasteiger partial charge in [-0.2, -0.15) is 0 Å². The van der Waals surface area contributed by atoms with Crippen molar-refractivity contribution in [2.75, 3.05) is 24.3 Å². The number of nitrogens with one attached hydrogen (secondary N) is 1. The second-order valence-electron chi connectivity index (χ2n) is 12.6. The molecule has 0 amide bonds. The molecule has 0 aliphatic rings. The Balaban J connectivity index is 0.00000366. The van der Waals surface area contributed by atoms with E-state index >= 15 is 0 Å². The SMILES string of the molecule is C#C.C#Cc1c(/C=C\CO/C(=C/C=C\C)CC)c2ccc(NC/C=C\C=C/CCl)cc2n1-c1cccc(-c2nc(/C(C=C)=C/C=C\CC)cc(-c3ccccc3)n2)c1. The molecule has 0 fully saturated rings. The number of benzene rings is 3. The number of nitrogens with zero attached hydrogens (tertiary/aromatic N) is 3. The molecule has 0 radical (unpaired) electrons. The molecule has 2 aromatic heterocycles. The number of rotatable bonds is 18. The predicted octanol–water partition coefficient (Wildman–Crippen LogP) is 13.2. The highest BCUT2D eigenvalue weighted by molar-refractivity contribution is 6.18. The number of anilines is 1. The van der Waals surface area contributed by atoms with Gasteiger partial charge in [0.05, 0.1) is 22.7 Å². The van der Waals surface area contributed by atoms with E-state index < -0.39 is 0 Å². The van der Waals surface area contributed by atoms with Gasteiger partial charge in [0.1, 0.15) is 12.3 Å². The summed E-state index contributed by atoms with van der Waals surface area (Å²) in [4.78, 5) is 10.2. The topological polar surface area (TPSA) is 52.0 Å². The number of aromatic nitrogens is 3. The van der Waals surface area contributed by atoms with Crippen LogP contribution in [0.5, 0.6) is 0 Å². The van der Waals surface area contributed by atoms with Crippen LogP contribution in [0.4, 0.5) is 5.69 Å². The Hall–Kier alpha value is -6.79. The minimum atomic E-state index is 0.417. The number of alkyl halides is 1. The fourth-order valence-corrected chi connectivity index (χ4v) is 6.18. The number of terminal acetylenes is 2. The van der Waals surface area contributed by atoms with Crippen molar-refractivity contribution in [2.45, 2.75) is 33.6 Å². The maximum Gasteiger partial charge on any atom is 0.160 e. The zero-order valence-electron chi connectivity index (χ0n) is 33.6. The van der Waals surface area contributed by atoms with Gasteiger partial charge in [0.2, 0.25) is 0 Å². The van der Waals surface area contributed by atoms with Crippen molar-refractivity contribution in [1.29, 1.82) is 0 Å². The molecular weight excluding hydrogens is 732 g/mol. The quantitative estimate of drug-likeness (QED) is 0.0416. The van der Waals surface area contributed by atoms with Crippen LogP contribution in [0.3, 0.4) is 0 Å². The lowest BCUT2D eigenvalue weighted by Gasteiger charge is -2.13. The smallest absolute Gasteiger partial charge is 0.160 e. The Morgan fingerprint density at radius 1 is 0.879 bits per heavy atom. The molecule has 0 bridgehead atoms. The summed E-state index contributed by atoms with van der Waals surface area (Å²) in [5, 5.41) is 4.54. The van der Waals surface area contributed by atoms with Gasteiger partial charge in [0.15, 0.2) is 5.82 Å². The van der Waals surface area contributed by atoms with Gasteiger partial charge in [-0.05, 0) is 61.4 Å². The highest BCUT2D eigenvalue weighted by Crippen LogP contribution is 2.34. The molecule has 0 unspecified atom stereocenters. The third-order valence-corrected chi connectivity index (χ3v) is 9.01. The number of halogens is 1. The highest BCUT2D eigenvalue weighted by Gasteiger charge is 2.18. The molecule has 5 aromatic rings. The predicted molar refractivity (Wildman–Crippen MR) is 251 cm³/mol. The summed E-state index contributed by atoms with van der Waals surface area (Å²) < 4.78 is 8.21. The molecule has 5 rings (SSSR count). The largest absolute Gasteiger partial charge is 0.494 e. The first-order chi connectivity index (χ1) is 28.5. The lowest BCUT2D eigenvalue weighted by atomic mass is 10.1. The number of allylic oxidation sites excluding steroid dienone is 12. The molecule has 0 saturated carbocycles. The van der Waals surface area contributed by atoms with Crippen molar-refractivity contribution in [1.82, 2.24) is 14.5 Å². The van der Waals surface area contributed by atoms with E-state index in [1.807, 2.05) is 104 Å². The third kappa shape index (κ3) is 11.9. The number of hydrogen-bond acceptors (Lipinski definition) is 4. The zero-order chi connectivity index (χ0) is 41.5. The van der Waals surface area contributed by atoms with E-state index in [1.165, 1.54) is 0 Å². The summed E-state index contributed by atoms with van der Waals surface area (Å²) in [6, 6.07) is 26.8. The molecule has 0 saturated heterocycles. The van der Waals surface area contributed by atoms with Crippen LogP contribution >= 0.6 is 11.6 Å². The minimum Gasteiger partial charge on any atom is -0.494 e. The summed E-state index contributed by atoms with van der Waals surface area (Å²) in [5.41, 5.74) is 8.87. The number of hydrogen-bond donors (Lipinski definition) is 1. The molecule has 1 N–H and O–H groups in total. The first-order valence-electron chi connectivity index (χ1n) is 19.3. The molecular formula is C52H51ClN4O. The van der Waals surface area contributed by atoms with E-state index in [9.17, 15) is 0 Å². The van der Waals surface area contributed by atoms with Crippen molar-refractivity contribution in [3.05, 3.63) is 181 Å². The van der Waals surface area contributed by atoms with Gasteiger partial charge in [0.25, 0.3) is 0 Å². The summed E-state index contributed by atoms with van der Waals surface area (Å²) >= 11 is 5.78. The Morgan fingerprint density at radius 2 is 1.67 bits per heavy atom. The van der Waals surface area contributed by atoms with E-state index in [-0.39, 0.29) is 0 Å². The molecule has 58 heavy (non-hydrogen) atoms. The maximum absolute atomic E-state index is 6.37. The zero-order valence-corrected chi connectivity index (χ0v) is 34.4. The molecule has 5 nitrogen and oxygen atoms in total. The van der Waals surface area contributed by atoms with Crippen LogP contribution < -0.4 is 5.32 Å². The average Bonchev–Trinajstić information content (AvgIpc) is 3.59. The minimum absolute atomic E-state index is 0.417. The Morgan fingerprint density at radius 3 is 2.40 bits per heavy atom. The molecule has 3 aromatic carbocycles. The van der Waals surface area contributed by atoms with Crippen LogP contribution in [0.1, 0.15) is 50.6 Å². The van der Waals surface area contributed by atoms with E-state index in [0.717, 1.165) is 80.2 Å². The van der Waals surface area contributed by atoms with Gasteiger partial charge in [0, 0.05) is 52.3 Å². The van der Waals surface area contributed by atoms with E-state index in [4.69, 9.17) is 32.7 Å². The van der Waals surface area contributed by atoms with E-state index in [0.29, 0.717) is 24.9 Å². The highest BCUT2D eigenvalue weighted by atomic mass is 35.5. The molecule has 292 valence electrons. The van der Waals surface area contributed by atoms with Gasteiger partial charge in [-0.15, -0.1) is 30.9 Å². The summed E-state index contributed by atoms with van der Waals surface area (Å²) in [7, 11) is 0. The first-order valence-corrected chi connectivity index (χ1v) is 19.8. The number of ether oxygens (including phenoxy) is 1. The lowest BCUT2D eigenvalue weighted by molar-refractivity contribution is 0.239. The van der Waals surface area contributed by atoms with Gasteiger partial charge >= 0.3 is 0 Å². The molecule has 2 heterocycles. The van der Waals surface area contributed by atoms with Gasteiger partial charge in [-0.3, -0.25) is 0 Å². The van der Waals surface area contributed by atoms with Crippen LogP contribution in [0.2, 0.25) is 0 Å². The third-order valence-electron chi connectivity index (χ3n) is 8.83. The Bertz CT molecular complexity index is 2410. The van der Waals surface area contributed by atoms with Crippen LogP contribution in [-0.4, -0.2) is 33.6 Å². The summed E-state index contributed by atoms with van der Waals surface area (Å²) in [6.45, 7) is 11.3. The summed E-state index contributed by atoms with van der Waals surface area (Å²) in [5.74, 6) is 5.02. The average molecular weight is 783 g/mol. The standard InChI is InChI=1S/C50H49ClN4O.C2H2/c1-6-11-16-23-38(8-3)46-37-47(39-24-17-15-18-25-39)54-50(53-46)40-26-21-27-42(35-40)55-48(10-5)44(29-22-34-56-43(9-4)28-12-7-2)45-31-30-41(36-49(45)55)52-33-20-14-13-19-32-51;1-2/h5,7-8,11-31,35-37,52H,3,6,9,32-34H2,1-2,4H3;1-2H/b12-7-,16-11-,19-13-,20-14-,29-22-,38-23+,43-28+;. The molecule has 0 spiro atoms. The first kappa shape index (κ1) is 43.9. The molecule has 0 aliphatic carbocycles. The Kier molecular flexibility index (Phi) is 18.2. The van der Waals surface area contributed by atoms with Crippen LogP contribution in [0.15, 0.2) is 164 Å². The van der Waals surface area contributed by atoms with E-state index in [2.05, 4.69) is 110 Å². The Labute approximate surface area is 350 Å². The monoisotopic (exact) mass is 782 g/mol.